The van der Waals surface area contributed by atoms with E-state index in [4.69, 9.17) is 5.11 Å². The van der Waals surface area contributed by atoms with E-state index in [9.17, 15) is 0 Å². The van der Waals surface area contributed by atoms with E-state index in [1.165, 1.54) is 19.3 Å². The molecular formula is C10H20N2O. The van der Waals surface area contributed by atoms with Gasteiger partial charge in [0.05, 0.1) is 11.9 Å². The number of nitrogens with zero attached hydrogens (tertiary/aromatic N) is 1. The van der Waals surface area contributed by atoms with Gasteiger partial charge >= 0.3 is 0 Å². The fourth-order valence-corrected chi connectivity index (χ4v) is 1.44. The van der Waals surface area contributed by atoms with Gasteiger partial charge in [-0.3, -0.25) is 4.99 Å². The van der Waals surface area contributed by atoms with Crippen molar-refractivity contribution in [3.63, 3.8) is 0 Å². The summed E-state index contributed by atoms with van der Waals surface area (Å²) in [6.45, 7) is 3.63. The number of hydrogen-bond acceptors (Lipinski definition) is 3. The molecule has 1 aliphatic heterocycles. The highest BCUT2D eigenvalue weighted by Crippen LogP contribution is 2.05. The lowest BCUT2D eigenvalue weighted by atomic mass is 10.2. The van der Waals surface area contributed by atoms with Crippen molar-refractivity contribution in [2.75, 3.05) is 13.1 Å². The molecule has 0 aliphatic carbocycles. The molecule has 0 radical (unpaired) electrons. The molecule has 0 spiro atoms. The van der Waals surface area contributed by atoms with Crippen molar-refractivity contribution in [2.45, 2.75) is 45.1 Å². The maximum Gasteiger partial charge on any atom is 0.0963 e. The smallest absolute Gasteiger partial charge is 0.0963 e. The molecule has 1 unspecified atom stereocenters. The van der Waals surface area contributed by atoms with Gasteiger partial charge in [0.25, 0.3) is 0 Å². The molecule has 1 heterocycles. The summed E-state index contributed by atoms with van der Waals surface area (Å²) in [5, 5.41) is 12.3. The van der Waals surface area contributed by atoms with Gasteiger partial charge in [-0.15, -0.1) is 0 Å². The average Bonchev–Trinajstić information content (AvgIpc) is 2.32. The number of aliphatic hydroxyl groups excluding tert-OH is 1. The van der Waals surface area contributed by atoms with Crippen LogP contribution in [0, 0.1) is 0 Å². The standard InChI is InChI=1S/C10H20N2O/c1-9(13)6-8-12-10-5-3-2-4-7-11-10/h9,13H,2-8H2,1H3,(H,11,12). The normalized spacial score (nSPS) is 20.3. The Morgan fingerprint density at radius 1 is 1.46 bits per heavy atom. The van der Waals surface area contributed by atoms with E-state index in [1.54, 1.807) is 0 Å². The molecule has 13 heavy (non-hydrogen) atoms. The number of rotatable bonds is 3. The number of nitrogens with one attached hydrogen (secondary N) is 1. The molecule has 0 fully saturated rings. The fourth-order valence-electron chi connectivity index (χ4n) is 1.44. The SMILES string of the molecule is CC(O)CCNC1=NCCCCC1. The molecule has 1 rings (SSSR count). The molecule has 0 bridgehead atoms. The molecule has 0 saturated heterocycles. The molecular weight excluding hydrogens is 164 g/mol. The Morgan fingerprint density at radius 2 is 2.31 bits per heavy atom. The maximum atomic E-state index is 9.06. The van der Waals surface area contributed by atoms with Crippen molar-refractivity contribution < 1.29 is 5.11 Å². The molecule has 1 atom stereocenters. The van der Waals surface area contributed by atoms with Crippen LogP contribution in [0.3, 0.4) is 0 Å². The summed E-state index contributed by atoms with van der Waals surface area (Å²) in [4.78, 5) is 4.44. The molecule has 76 valence electrons. The van der Waals surface area contributed by atoms with Gasteiger partial charge in [-0.1, -0.05) is 6.42 Å². The Morgan fingerprint density at radius 3 is 3.08 bits per heavy atom. The summed E-state index contributed by atoms with van der Waals surface area (Å²) >= 11 is 0. The predicted molar refractivity (Wildman–Crippen MR) is 55.1 cm³/mol. The van der Waals surface area contributed by atoms with Crippen LogP contribution in [0.2, 0.25) is 0 Å². The van der Waals surface area contributed by atoms with Crippen molar-refractivity contribution in [1.29, 1.82) is 0 Å². The molecule has 0 aromatic heterocycles. The quantitative estimate of drug-likeness (QED) is 0.695. The Kier molecular flexibility index (Phi) is 4.83. The van der Waals surface area contributed by atoms with Crippen LogP contribution < -0.4 is 5.32 Å². The minimum atomic E-state index is -0.209. The molecule has 2 N–H and O–H groups in total. The van der Waals surface area contributed by atoms with Gasteiger partial charge in [0.15, 0.2) is 0 Å². The van der Waals surface area contributed by atoms with Crippen LogP contribution in [0.1, 0.15) is 39.0 Å². The van der Waals surface area contributed by atoms with E-state index in [1.807, 2.05) is 6.92 Å². The second-order valence-corrected chi connectivity index (χ2v) is 3.70. The van der Waals surface area contributed by atoms with Gasteiger partial charge < -0.3 is 10.4 Å². The lowest BCUT2D eigenvalue weighted by Gasteiger charge is -2.09. The third-order valence-corrected chi connectivity index (χ3v) is 2.27. The molecule has 0 amide bonds. The third-order valence-electron chi connectivity index (χ3n) is 2.27. The summed E-state index contributed by atoms with van der Waals surface area (Å²) in [6, 6.07) is 0. The van der Waals surface area contributed by atoms with Gasteiger partial charge in [0.2, 0.25) is 0 Å². The maximum absolute atomic E-state index is 9.06. The molecule has 3 nitrogen and oxygen atoms in total. The summed E-state index contributed by atoms with van der Waals surface area (Å²) < 4.78 is 0. The largest absolute Gasteiger partial charge is 0.393 e. The van der Waals surface area contributed by atoms with Crippen LogP contribution in [0.25, 0.3) is 0 Å². The first-order valence-corrected chi connectivity index (χ1v) is 5.24. The number of aliphatic imine (C=N–C) groups is 1. The van der Waals surface area contributed by atoms with Crippen molar-refractivity contribution in [3.8, 4) is 0 Å². The van der Waals surface area contributed by atoms with E-state index < -0.39 is 0 Å². The van der Waals surface area contributed by atoms with E-state index in [0.29, 0.717) is 0 Å². The number of hydrogen-bond donors (Lipinski definition) is 2. The van der Waals surface area contributed by atoms with Crippen molar-refractivity contribution in [1.82, 2.24) is 5.32 Å². The van der Waals surface area contributed by atoms with Crippen molar-refractivity contribution >= 4 is 5.84 Å². The van der Waals surface area contributed by atoms with Gasteiger partial charge in [-0.05, 0) is 26.2 Å². The Balaban J connectivity index is 2.15. The van der Waals surface area contributed by atoms with E-state index in [-0.39, 0.29) is 6.10 Å². The highest BCUT2D eigenvalue weighted by atomic mass is 16.3. The Hall–Kier alpha value is -0.570. The second-order valence-electron chi connectivity index (χ2n) is 3.70. The van der Waals surface area contributed by atoms with Gasteiger partial charge in [-0.25, -0.2) is 0 Å². The highest BCUT2D eigenvalue weighted by Gasteiger charge is 2.03. The van der Waals surface area contributed by atoms with Crippen LogP contribution in [0.15, 0.2) is 4.99 Å². The topological polar surface area (TPSA) is 44.6 Å². The lowest BCUT2D eigenvalue weighted by molar-refractivity contribution is 0.185. The highest BCUT2D eigenvalue weighted by molar-refractivity contribution is 5.82. The molecule has 1 aliphatic rings. The van der Waals surface area contributed by atoms with Gasteiger partial charge in [-0.2, -0.15) is 0 Å². The number of amidine groups is 1. The van der Waals surface area contributed by atoms with Crippen LogP contribution in [-0.2, 0) is 0 Å². The fraction of sp³-hybridized carbons (Fsp3) is 0.900. The Bertz CT molecular complexity index is 166. The molecule has 0 aromatic rings. The summed E-state index contributed by atoms with van der Waals surface area (Å²) in [5.41, 5.74) is 0. The van der Waals surface area contributed by atoms with Crippen molar-refractivity contribution in [2.24, 2.45) is 4.99 Å². The predicted octanol–water partition coefficient (Wildman–Crippen LogP) is 1.32. The van der Waals surface area contributed by atoms with E-state index in [0.717, 1.165) is 31.8 Å². The number of aliphatic hydroxyl groups is 1. The van der Waals surface area contributed by atoms with Crippen LogP contribution in [0.4, 0.5) is 0 Å². The van der Waals surface area contributed by atoms with Crippen LogP contribution in [-0.4, -0.2) is 30.1 Å². The first kappa shape index (κ1) is 10.5. The third kappa shape index (κ3) is 4.88. The van der Waals surface area contributed by atoms with Crippen LogP contribution >= 0.6 is 0 Å². The van der Waals surface area contributed by atoms with Crippen molar-refractivity contribution in [3.05, 3.63) is 0 Å². The zero-order valence-electron chi connectivity index (χ0n) is 8.42. The zero-order chi connectivity index (χ0) is 9.52. The zero-order valence-corrected chi connectivity index (χ0v) is 8.42. The molecule has 0 aromatic carbocycles. The average molecular weight is 184 g/mol. The lowest BCUT2D eigenvalue weighted by Crippen LogP contribution is -2.26. The van der Waals surface area contributed by atoms with Gasteiger partial charge in [0, 0.05) is 19.5 Å². The first-order valence-electron chi connectivity index (χ1n) is 5.24. The van der Waals surface area contributed by atoms with Gasteiger partial charge in [0.1, 0.15) is 0 Å². The summed E-state index contributed by atoms with van der Waals surface area (Å²) in [6.07, 6.45) is 5.45. The summed E-state index contributed by atoms with van der Waals surface area (Å²) in [7, 11) is 0. The molecule has 0 saturated carbocycles. The van der Waals surface area contributed by atoms with Crippen LogP contribution in [0.5, 0.6) is 0 Å². The second kappa shape index (κ2) is 5.97. The molecule has 3 heteroatoms. The minimum absolute atomic E-state index is 0.209. The first-order chi connectivity index (χ1) is 6.29. The van der Waals surface area contributed by atoms with E-state index >= 15 is 0 Å². The Labute approximate surface area is 80.3 Å². The minimum Gasteiger partial charge on any atom is -0.393 e. The summed E-state index contributed by atoms with van der Waals surface area (Å²) in [5.74, 6) is 1.14. The van der Waals surface area contributed by atoms with E-state index in [2.05, 4.69) is 10.3 Å². The monoisotopic (exact) mass is 184 g/mol.